The van der Waals surface area contributed by atoms with Gasteiger partial charge in [0.15, 0.2) is 0 Å². The summed E-state index contributed by atoms with van der Waals surface area (Å²) in [7, 11) is 1.60. The molecule has 106 valence electrons. The zero-order valence-electron chi connectivity index (χ0n) is 11.9. The van der Waals surface area contributed by atoms with Gasteiger partial charge >= 0.3 is 0 Å². The first kappa shape index (κ1) is 15.4. The highest BCUT2D eigenvalue weighted by Gasteiger charge is 2.49. The summed E-state index contributed by atoms with van der Waals surface area (Å²) < 4.78 is 10.5. The molecule has 3 N–H and O–H groups in total. The Balaban J connectivity index is 2.38. The Morgan fingerprint density at radius 3 is 2.72 bits per heavy atom. The number of nitrogens with two attached hydrogens (primary N) is 1. The van der Waals surface area contributed by atoms with Gasteiger partial charge in [-0.3, -0.25) is 4.79 Å². The van der Waals surface area contributed by atoms with Gasteiger partial charge in [-0.15, -0.1) is 0 Å². The number of amides is 1. The molecule has 1 amide bonds. The van der Waals surface area contributed by atoms with E-state index in [-0.39, 0.29) is 23.5 Å². The molecule has 1 aliphatic rings. The number of rotatable bonds is 7. The lowest BCUT2D eigenvalue weighted by atomic mass is 9.64. The maximum Gasteiger partial charge on any atom is 0.237 e. The molecule has 0 saturated heterocycles. The van der Waals surface area contributed by atoms with Crippen molar-refractivity contribution in [3.63, 3.8) is 0 Å². The van der Waals surface area contributed by atoms with E-state index >= 15 is 0 Å². The molecule has 1 rings (SSSR count). The van der Waals surface area contributed by atoms with Gasteiger partial charge in [-0.25, -0.2) is 0 Å². The van der Waals surface area contributed by atoms with Gasteiger partial charge in [0.25, 0.3) is 0 Å². The topological polar surface area (TPSA) is 73.6 Å². The van der Waals surface area contributed by atoms with Crippen LogP contribution in [0.3, 0.4) is 0 Å². The molecule has 0 aliphatic heterocycles. The van der Waals surface area contributed by atoms with Gasteiger partial charge in [0.1, 0.15) is 0 Å². The lowest BCUT2D eigenvalue weighted by Crippen LogP contribution is -2.63. The van der Waals surface area contributed by atoms with E-state index in [1.165, 1.54) is 0 Å². The lowest BCUT2D eigenvalue weighted by molar-refractivity contribution is -0.137. The van der Waals surface area contributed by atoms with Gasteiger partial charge in [-0.1, -0.05) is 13.8 Å². The third kappa shape index (κ3) is 3.43. The Hall–Kier alpha value is -0.650. The summed E-state index contributed by atoms with van der Waals surface area (Å²) in [5.41, 5.74) is 5.77. The fraction of sp³-hybridized carbons (Fsp3) is 0.923. The Kier molecular flexibility index (Phi) is 5.56. The van der Waals surface area contributed by atoms with Crippen molar-refractivity contribution < 1.29 is 14.3 Å². The highest BCUT2D eigenvalue weighted by Crippen LogP contribution is 2.42. The summed E-state index contributed by atoms with van der Waals surface area (Å²) in [5, 5.41) is 3.00. The second-order valence-electron chi connectivity index (χ2n) is 5.45. The van der Waals surface area contributed by atoms with Crippen LogP contribution in [-0.2, 0) is 14.3 Å². The standard InChI is InChI=1S/C13H26N2O3/c1-5-18-11-8-10(13(11,2)3)15-12(16)9(14)6-7-17-4/h9-11H,5-8,14H2,1-4H3,(H,15,16). The normalized spacial score (nSPS) is 27.4. The molecule has 1 saturated carbocycles. The van der Waals surface area contributed by atoms with Gasteiger partial charge in [0, 0.05) is 31.8 Å². The van der Waals surface area contributed by atoms with Crippen molar-refractivity contribution in [2.24, 2.45) is 11.1 Å². The first-order valence-corrected chi connectivity index (χ1v) is 6.60. The summed E-state index contributed by atoms with van der Waals surface area (Å²) in [5.74, 6) is -0.0972. The molecule has 0 aromatic heterocycles. The average Bonchev–Trinajstić information content (AvgIpc) is 2.34. The van der Waals surface area contributed by atoms with E-state index in [0.717, 1.165) is 6.42 Å². The average molecular weight is 258 g/mol. The molecule has 0 heterocycles. The van der Waals surface area contributed by atoms with Crippen LogP contribution in [0.15, 0.2) is 0 Å². The van der Waals surface area contributed by atoms with Crippen molar-refractivity contribution in [2.45, 2.75) is 51.8 Å². The molecule has 0 bridgehead atoms. The molecule has 0 radical (unpaired) electrons. The van der Waals surface area contributed by atoms with Crippen LogP contribution in [0.5, 0.6) is 0 Å². The first-order chi connectivity index (χ1) is 8.43. The van der Waals surface area contributed by atoms with Crippen LogP contribution in [0.25, 0.3) is 0 Å². The molecule has 1 fully saturated rings. The van der Waals surface area contributed by atoms with Gasteiger partial charge < -0.3 is 20.5 Å². The van der Waals surface area contributed by atoms with E-state index in [0.29, 0.717) is 19.6 Å². The summed E-state index contributed by atoms with van der Waals surface area (Å²) in [6.45, 7) is 7.43. The summed E-state index contributed by atoms with van der Waals surface area (Å²) >= 11 is 0. The van der Waals surface area contributed by atoms with Crippen molar-refractivity contribution in [3.05, 3.63) is 0 Å². The van der Waals surface area contributed by atoms with E-state index in [1.807, 2.05) is 6.92 Å². The van der Waals surface area contributed by atoms with Gasteiger partial charge in [-0.05, 0) is 19.8 Å². The van der Waals surface area contributed by atoms with Crippen LogP contribution in [0, 0.1) is 5.41 Å². The summed E-state index contributed by atoms with van der Waals surface area (Å²) in [4.78, 5) is 11.9. The van der Waals surface area contributed by atoms with Gasteiger partial charge in [-0.2, -0.15) is 0 Å². The number of hydrogen-bond acceptors (Lipinski definition) is 4. The zero-order chi connectivity index (χ0) is 13.8. The zero-order valence-corrected chi connectivity index (χ0v) is 11.9. The minimum absolute atomic E-state index is 0.0212. The number of methoxy groups -OCH3 is 1. The molecule has 0 aromatic carbocycles. The number of carbonyl (C=O) groups is 1. The quantitative estimate of drug-likeness (QED) is 0.704. The van der Waals surface area contributed by atoms with Crippen molar-refractivity contribution in [1.29, 1.82) is 0 Å². The molecule has 1 aliphatic carbocycles. The predicted octanol–water partition coefficient (Wildman–Crippen LogP) is 0.670. The van der Waals surface area contributed by atoms with E-state index in [9.17, 15) is 4.79 Å². The highest BCUT2D eigenvalue weighted by molar-refractivity contribution is 5.82. The third-order valence-electron chi connectivity index (χ3n) is 3.83. The third-order valence-corrected chi connectivity index (χ3v) is 3.83. The van der Waals surface area contributed by atoms with Crippen LogP contribution < -0.4 is 11.1 Å². The van der Waals surface area contributed by atoms with E-state index in [1.54, 1.807) is 7.11 Å². The minimum atomic E-state index is -0.494. The van der Waals surface area contributed by atoms with Crippen molar-refractivity contribution >= 4 is 5.91 Å². The Morgan fingerprint density at radius 1 is 1.56 bits per heavy atom. The Morgan fingerprint density at radius 2 is 2.22 bits per heavy atom. The maximum atomic E-state index is 11.9. The van der Waals surface area contributed by atoms with Gasteiger partial charge in [0.05, 0.1) is 12.1 Å². The van der Waals surface area contributed by atoms with Crippen molar-refractivity contribution in [1.82, 2.24) is 5.32 Å². The summed E-state index contributed by atoms with van der Waals surface area (Å²) in [6.07, 6.45) is 1.64. The van der Waals surface area contributed by atoms with E-state index < -0.39 is 6.04 Å². The molecule has 3 unspecified atom stereocenters. The largest absolute Gasteiger partial charge is 0.385 e. The van der Waals surface area contributed by atoms with Crippen LogP contribution in [0.4, 0.5) is 0 Å². The van der Waals surface area contributed by atoms with Crippen LogP contribution >= 0.6 is 0 Å². The van der Waals surface area contributed by atoms with Crippen molar-refractivity contribution in [3.8, 4) is 0 Å². The minimum Gasteiger partial charge on any atom is -0.385 e. The highest BCUT2D eigenvalue weighted by atomic mass is 16.5. The SMILES string of the molecule is CCOC1CC(NC(=O)C(N)CCOC)C1(C)C. The molecule has 18 heavy (non-hydrogen) atoms. The monoisotopic (exact) mass is 258 g/mol. The van der Waals surface area contributed by atoms with E-state index in [2.05, 4.69) is 19.2 Å². The van der Waals surface area contributed by atoms with Crippen LogP contribution in [-0.4, -0.2) is 44.4 Å². The van der Waals surface area contributed by atoms with Crippen molar-refractivity contribution in [2.75, 3.05) is 20.3 Å². The molecule has 0 spiro atoms. The molecular weight excluding hydrogens is 232 g/mol. The number of carbonyl (C=O) groups excluding carboxylic acids is 1. The number of hydrogen-bond donors (Lipinski definition) is 2. The van der Waals surface area contributed by atoms with Gasteiger partial charge in [0.2, 0.25) is 5.91 Å². The maximum absolute atomic E-state index is 11.9. The molecule has 0 aromatic rings. The van der Waals surface area contributed by atoms with Crippen LogP contribution in [0.2, 0.25) is 0 Å². The fourth-order valence-corrected chi connectivity index (χ4v) is 2.27. The fourth-order valence-electron chi connectivity index (χ4n) is 2.27. The number of ether oxygens (including phenoxy) is 2. The second-order valence-corrected chi connectivity index (χ2v) is 5.45. The lowest BCUT2D eigenvalue weighted by Gasteiger charge is -2.51. The van der Waals surface area contributed by atoms with Crippen LogP contribution in [0.1, 0.15) is 33.6 Å². The predicted molar refractivity (Wildman–Crippen MR) is 70.2 cm³/mol. The Bertz CT molecular complexity index is 281. The first-order valence-electron chi connectivity index (χ1n) is 6.60. The Labute approximate surface area is 109 Å². The molecular formula is C13H26N2O3. The van der Waals surface area contributed by atoms with E-state index in [4.69, 9.17) is 15.2 Å². The second kappa shape index (κ2) is 6.50. The molecule has 5 heteroatoms. The smallest absolute Gasteiger partial charge is 0.237 e. The molecule has 3 atom stereocenters. The number of nitrogens with one attached hydrogen (secondary N) is 1. The molecule has 5 nitrogen and oxygen atoms in total. The summed E-state index contributed by atoms with van der Waals surface area (Å²) in [6, 6.07) is -0.345.